The fourth-order valence-electron chi connectivity index (χ4n) is 4.73. The number of nitrogens with zero attached hydrogens (tertiary/aromatic N) is 2. The molecule has 1 aromatic carbocycles. The Bertz CT molecular complexity index is 867. The third-order valence-corrected chi connectivity index (χ3v) is 7.70. The highest BCUT2D eigenvalue weighted by Crippen LogP contribution is 2.28. The number of rotatable bonds is 7. The number of likely N-dealkylation sites (tertiary alicyclic amines) is 2. The lowest BCUT2D eigenvalue weighted by Crippen LogP contribution is -2.48. The molecule has 5 nitrogen and oxygen atoms in total. The molecule has 2 saturated heterocycles. The largest absolute Gasteiger partial charge is 0.344 e. The van der Waals surface area contributed by atoms with E-state index in [2.05, 4.69) is 48.0 Å². The standard InChI is InChI=1S/C26H35N3O2S/c1-2-3-7-20-9-11-21(12-10-20)24(23-8-6-19-32-23)27-25(30)22-13-17-29(18-14-22)26(31)28-15-4-5-16-28/h6,8-12,19,22,24H,2-5,7,13-18H2,1H3,(H,27,30)/t24-/m1/s1. The summed E-state index contributed by atoms with van der Waals surface area (Å²) in [4.78, 5) is 30.9. The molecule has 6 heteroatoms. The molecule has 3 amide bonds. The number of aryl methyl sites for hydroxylation is 1. The fourth-order valence-corrected chi connectivity index (χ4v) is 5.54. The number of thiophene rings is 1. The number of carbonyl (C=O) groups is 2. The van der Waals surface area contributed by atoms with Crippen molar-refractivity contribution in [1.82, 2.24) is 15.1 Å². The zero-order valence-electron chi connectivity index (χ0n) is 19.1. The normalized spacial score (nSPS) is 18.0. The van der Waals surface area contributed by atoms with Gasteiger partial charge < -0.3 is 15.1 Å². The minimum Gasteiger partial charge on any atom is -0.344 e. The van der Waals surface area contributed by atoms with Crippen LogP contribution in [0.15, 0.2) is 41.8 Å². The molecule has 0 radical (unpaired) electrons. The number of hydrogen-bond donors (Lipinski definition) is 1. The van der Waals surface area contributed by atoms with Crippen LogP contribution in [0.1, 0.15) is 67.5 Å². The molecule has 2 aromatic rings. The quantitative estimate of drug-likeness (QED) is 0.625. The molecule has 0 spiro atoms. The number of nitrogens with one attached hydrogen (secondary N) is 1. The summed E-state index contributed by atoms with van der Waals surface area (Å²) in [6, 6.07) is 12.9. The molecule has 3 heterocycles. The van der Waals surface area contributed by atoms with Crippen LogP contribution in [0.3, 0.4) is 0 Å². The van der Waals surface area contributed by atoms with Gasteiger partial charge in [-0.1, -0.05) is 43.7 Å². The van der Waals surface area contributed by atoms with Crippen molar-refractivity contribution in [3.63, 3.8) is 0 Å². The van der Waals surface area contributed by atoms with Crippen molar-refractivity contribution in [2.24, 2.45) is 5.92 Å². The first-order valence-corrected chi connectivity index (χ1v) is 13.0. The van der Waals surface area contributed by atoms with Crippen LogP contribution in [-0.2, 0) is 11.2 Å². The zero-order chi connectivity index (χ0) is 22.3. The van der Waals surface area contributed by atoms with Crippen molar-refractivity contribution in [1.29, 1.82) is 0 Å². The van der Waals surface area contributed by atoms with E-state index in [0.717, 1.165) is 55.6 Å². The molecule has 2 aliphatic heterocycles. The van der Waals surface area contributed by atoms with Crippen LogP contribution in [0, 0.1) is 5.92 Å². The molecule has 1 aromatic heterocycles. The molecule has 0 bridgehead atoms. The molecule has 0 saturated carbocycles. The van der Waals surface area contributed by atoms with Crippen LogP contribution in [0.4, 0.5) is 4.79 Å². The second kappa shape index (κ2) is 11.0. The molecule has 2 fully saturated rings. The van der Waals surface area contributed by atoms with Gasteiger partial charge in [-0.3, -0.25) is 4.79 Å². The molecule has 0 unspecified atom stereocenters. The Morgan fingerprint density at radius 3 is 2.34 bits per heavy atom. The second-order valence-electron chi connectivity index (χ2n) is 9.04. The van der Waals surface area contributed by atoms with Crippen LogP contribution >= 0.6 is 11.3 Å². The average Bonchev–Trinajstić information content (AvgIpc) is 3.56. The van der Waals surface area contributed by atoms with E-state index >= 15 is 0 Å². The summed E-state index contributed by atoms with van der Waals surface area (Å²) >= 11 is 1.68. The van der Waals surface area contributed by atoms with Crippen LogP contribution in [0.25, 0.3) is 0 Å². The number of carbonyl (C=O) groups excluding carboxylic acids is 2. The van der Waals surface area contributed by atoms with Crippen LogP contribution in [0.2, 0.25) is 0 Å². The number of benzene rings is 1. The summed E-state index contributed by atoms with van der Waals surface area (Å²) in [5, 5.41) is 5.39. The fraction of sp³-hybridized carbons (Fsp3) is 0.538. The van der Waals surface area contributed by atoms with Gasteiger partial charge in [0, 0.05) is 37.0 Å². The average molecular weight is 454 g/mol. The number of amides is 3. The lowest BCUT2D eigenvalue weighted by molar-refractivity contribution is -0.126. The van der Waals surface area contributed by atoms with Crippen LogP contribution in [-0.4, -0.2) is 47.9 Å². The first kappa shape index (κ1) is 22.8. The molecule has 0 aliphatic carbocycles. The predicted molar refractivity (Wildman–Crippen MR) is 130 cm³/mol. The van der Waals surface area contributed by atoms with E-state index < -0.39 is 0 Å². The van der Waals surface area contributed by atoms with Gasteiger partial charge in [0.2, 0.25) is 5.91 Å². The summed E-state index contributed by atoms with van der Waals surface area (Å²) in [7, 11) is 0. The van der Waals surface area contributed by atoms with E-state index in [9.17, 15) is 9.59 Å². The lowest BCUT2D eigenvalue weighted by atomic mass is 9.94. The van der Waals surface area contributed by atoms with Gasteiger partial charge in [0.15, 0.2) is 0 Å². The van der Waals surface area contributed by atoms with Crippen molar-refractivity contribution in [2.45, 2.75) is 57.9 Å². The third kappa shape index (κ3) is 5.52. The Morgan fingerprint density at radius 2 is 1.72 bits per heavy atom. The highest BCUT2D eigenvalue weighted by atomic mass is 32.1. The topological polar surface area (TPSA) is 52.7 Å². The van der Waals surface area contributed by atoms with Gasteiger partial charge in [0.05, 0.1) is 6.04 Å². The zero-order valence-corrected chi connectivity index (χ0v) is 19.9. The molecule has 1 atom stereocenters. The van der Waals surface area contributed by atoms with E-state index in [1.165, 1.54) is 18.4 Å². The SMILES string of the molecule is CCCCc1ccc([C@@H](NC(=O)C2CCN(C(=O)N3CCCC3)CC2)c2cccs2)cc1. The number of hydrogen-bond acceptors (Lipinski definition) is 3. The van der Waals surface area contributed by atoms with Gasteiger partial charge in [-0.2, -0.15) is 0 Å². The van der Waals surface area contributed by atoms with Crippen molar-refractivity contribution in [3.05, 3.63) is 57.8 Å². The molecular formula is C26H35N3O2S. The van der Waals surface area contributed by atoms with E-state index in [-0.39, 0.29) is 23.9 Å². The Balaban J connectivity index is 1.37. The third-order valence-electron chi connectivity index (χ3n) is 6.76. The lowest BCUT2D eigenvalue weighted by Gasteiger charge is -2.34. The summed E-state index contributed by atoms with van der Waals surface area (Å²) in [6.45, 7) is 5.30. The molecule has 172 valence electrons. The highest BCUT2D eigenvalue weighted by molar-refractivity contribution is 7.10. The monoisotopic (exact) mass is 453 g/mol. The van der Waals surface area contributed by atoms with E-state index in [1.54, 1.807) is 11.3 Å². The van der Waals surface area contributed by atoms with Gasteiger partial charge in [-0.05, 0) is 61.1 Å². The second-order valence-corrected chi connectivity index (χ2v) is 10.0. The van der Waals surface area contributed by atoms with Gasteiger partial charge in [-0.25, -0.2) is 4.79 Å². The molecule has 4 rings (SSSR count). The molecular weight excluding hydrogens is 418 g/mol. The minimum atomic E-state index is -0.119. The van der Waals surface area contributed by atoms with E-state index in [4.69, 9.17) is 0 Å². The van der Waals surface area contributed by atoms with Gasteiger partial charge in [0.25, 0.3) is 0 Å². The van der Waals surface area contributed by atoms with Crippen LogP contribution < -0.4 is 5.32 Å². The molecule has 1 N–H and O–H groups in total. The van der Waals surface area contributed by atoms with E-state index in [0.29, 0.717) is 13.1 Å². The first-order valence-electron chi connectivity index (χ1n) is 12.1. The predicted octanol–water partition coefficient (Wildman–Crippen LogP) is 5.22. The van der Waals surface area contributed by atoms with Crippen LogP contribution in [0.5, 0.6) is 0 Å². The van der Waals surface area contributed by atoms with Crippen molar-refractivity contribution in [3.8, 4) is 0 Å². The minimum absolute atomic E-state index is 0.0380. The highest BCUT2D eigenvalue weighted by Gasteiger charge is 2.31. The number of piperidine rings is 1. The summed E-state index contributed by atoms with van der Waals surface area (Å²) < 4.78 is 0. The van der Waals surface area contributed by atoms with Crippen molar-refractivity contribution < 1.29 is 9.59 Å². The first-order chi connectivity index (χ1) is 15.7. The Labute approximate surface area is 195 Å². The van der Waals surface area contributed by atoms with Gasteiger partial charge in [-0.15, -0.1) is 11.3 Å². The Morgan fingerprint density at radius 1 is 1.03 bits per heavy atom. The summed E-state index contributed by atoms with van der Waals surface area (Å²) in [5.74, 6) is 0.0654. The molecule has 2 aliphatic rings. The molecule has 32 heavy (non-hydrogen) atoms. The van der Waals surface area contributed by atoms with Crippen molar-refractivity contribution in [2.75, 3.05) is 26.2 Å². The summed E-state index contributed by atoms with van der Waals surface area (Å²) in [5.41, 5.74) is 2.48. The number of urea groups is 1. The van der Waals surface area contributed by atoms with Crippen molar-refractivity contribution >= 4 is 23.3 Å². The van der Waals surface area contributed by atoms with Gasteiger partial charge >= 0.3 is 6.03 Å². The van der Waals surface area contributed by atoms with E-state index in [1.807, 2.05) is 15.9 Å². The Kier molecular flexibility index (Phi) is 7.85. The van der Waals surface area contributed by atoms with Gasteiger partial charge in [0.1, 0.15) is 0 Å². The summed E-state index contributed by atoms with van der Waals surface area (Å²) in [6.07, 6.45) is 7.17. The Hall–Kier alpha value is -2.34. The maximum Gasteiger partial charge on any atom is 0.319 e. The maximum atomic E-state index is 13.2. The maximum absolute atomic E-state index is 13.2. The smallest absolute Gasteiger partial charge is 0.319 e. The number of unbranched alkanes of at least 4 members (excludes halogenated alkanes) is 1.